The van der Waals surface area contributed by atoms with Crippen LogP contribution in [0.1, 0.15) is 0 Å². The van der Waals surface area contributed by atoms with E-state index in [9.17, 15) is 4.79 Å². The van der Waals surface area contributed by atoms with Gasteiger partial charge in [-0.15, -0.1) is 0 Å². The molecule has 0 aliphatic carbocycles. The number of fused-ring (bicyclic) bond motifs is 3. The van der Waals surface area contributed by atoms with Gasteiger partial charge in [-0.25, -0.2) is 0 Å². The van der Waals surface area contributed by atoms with Crippen LogP contribution in [0.5, 0.6) is 0 Å². The Bertz CT molecular complexity index is 1050. The number of para-hydroxylation sites is 1. The van der Waals surface area contributed by atoms with Crippen molar-refractivity contribution in [3.05, 3.63) is 76.2 Å². The smallest absolute Gasteiger partial charge is 0.267 e. The summed E-state index contributed by atoms with van der Waals surface area (Å²) in [6.45, 7) is 0. The second-order valence-electron chi connectivity index (χ2n) is 4.95. The fourth-order valence-electron chi connectivity index (χ4n) is 2.47. The number of hydrogen-bond donors (Lipinski definition) is 0. The van der Waals surface area contributed by atoms with Crippen molar-refractivity contribution in [2.24, 2.45) is 0 Å². The first-order chi connectivity index (χ1) is 10.7. The van der Waals surface area contributed by atoms with E-state index in [0.29, 0.717) is 10.7 Å². The molecular weight excluding hydrogens is 298 g/mol. The highest BCUT2D eigenvalue weighted by Crippen LogP contribution is 2.20. The van der Waals surface area contributed by atoms with E-state index in [0.717, 1.165) is 21.8 Å². The van der Waals surface area contributed by atoms with E-state index in [-0.39, 0.29) is 5.56 Å². The third-order valence-corrected chi connectivity index (χ3v) is 3.79. The average molecular weight is 308 g/mol. The van der Waals surface area contributed by atoms with Crippen molar-refractivity contribution in [2.45, 2.75) is 0 Å². The summed E-state index contributed by atoms with van der Waals surface area (Å²) in [6, 6.07) is 16.3. The average Bonchev–Trinajstić information content (AvgIpc) is 2.55. The van der Waals surface area contributed by atoms with Crippen LogP contribution in [0.25, 0.3) is 27.5 Å². The van der Waals surface area contributed by atoms with Gasteiger partial charge < -0.3 is 0 Å². The highest BCUT2D eigenvalue weighted by atomic mass is 35.5. The van der Waals surface area contributed by atoms with Crippen LogP contribution in [0.3, 0.4) is 0 Å². The molecule has 4 nitrogen and oxygen atoms in total. The molecule has 0 fully saturated rings. The van der Waals surface area contributed by atoms with E-state index in [4.69, 9.17) is 11.6 Å². The van der Waals surface area contributed by atoms with Gasteiger partial charge in [0.1, 0.15) is 5.52 Å². The molecule has 4 rings (SSSR count). The summed E-state index contributed by atoms with van der Waals surface area (Å²) in [7, 11) is 0. The number of halogens is 1. The molecule has 0 aliphatic heterocycles. The van der Waals surface area contributed by atoms with Crippen LogP contribution in [-0.4, -0.2) is 14.8 Å². The van der Waals surface area contributed by atoms with Gasteiger partial charge in [0.2, 0.25) is 0 Å². The summed E-state index contributed by atoms with van der Waals surface area (Å²) in [6.07, 6.45) is 1.68. The van der Waals surface area contributed by atoms with Crippen LogP contribution in [0.15, 0.2) is 65.6 Å². The first kappa shape index (κ1) is 13.0. The number of aromatic nitrogens is 3. The Balaban J connectivity index is 2.07. The molecule has 0 atom stereocenters. The lowest BCUT2D eigenvalue weighted by Crippen LogP contribution is -2.20. The minimum atomic E-state index is -0.202. The second-order valence-corrected chi connectivity index (χ2v) is 5.39. The minimum absolute atomic E-state index is 0.202. The Morgan fingerprint density at radius 3 is 2.59 bits per heavy atom. The lowest BCUT2D eigenvalue weighted by Gasteiger charge is -2.07. The maximum Gasteiger partial charge on any atom is 0.272 e. The Labute approximate surface area is 130 Å². The molecule has 22 heavy (non-hydrogen) atoms. The van der Waals surface area contributed by atoms with Crippen LogP contribution in [0.4, 0.5) is 0 Å². The van der Waals surface area contributed by atoms with E-state index >= 15 is 0 Å². The molecule has 0 radical (unpaired) electrons. The Kier molecular flexibility index (Phi) is 2.91. The van der Waals surface area contributed by atoms with Crippen LogP contribution < -0.4 is 5.56 Å². The zero-order valence-corrected chi connectivity index (χ0v) is 12.2. The largest absolute Gasteiger partial charge is 0.272 e. The van der Waals surface area contributed by atoms with E-state index in [2.05, 4.69) is 10.1 Å². The topological polar surface area (TPSA) is 47.8 Å². The molecule has 106 valence electrons. The van der Waals surface area contributed by atoms with Crippen molar-refractivity contribution in [1.29, 1.82) is 0 Å². The lowest BCUT2D eigenvalue weighted by molar-refractivity contribution is 0.833. The monoisotopic (exact) mass is 307 g/mol. The normalized spacial score (nSPS) is 11.1. The van der Waals surface area contributed by atoms with E-state index < -0.39 is 0 Å². The molecule has 0 aliphatic rings. The van der Waals surface area contributed by atoms with Gasteiger partial charge >= 0.3 is 0 Å². The lowest BCUT2D eigenvalue weighted by atomic mass is 10.1. The van der Waals surface area contributed by atoms with Gasteiger partial charge in [0, 0.05) is 28.1 Å². The molecule has 0 unspecified atom stereocenters. The quantitative estimate of drug-likeness (QED) is 0.505. The highest BCUT2D eigenvalue weighted by molar-refractivity contribution is 6.30. The zero-order chi connectivity index (χ0) is 15.1. The molecule has 0 amide bonds. The number of benzene rings is 2. The first-order valence-corrected chi connectivity index (χ1v) is 7.14. The fourth-order valence-corrected chi connectivity index (χ4v) is 2.60. The van der Waals surface area contributed by atoms with Crippen molar-refractivity contribution in [2.75, 3.05) is 0 Å². The van der Waals surface area contributed by atoms with Crippen molar-refractivity contribution < 1.29 is 0 Å². The van der Waals surface area contributed by atoms with Crippen molar-refractivity contribution in [3.8, 4) is 5.69 Å². The molecule has 0 saturated heterocycles. The summed E-state index contributed by atoms with van der Waals surface area (Å²) in [5.41, 5.74) is 2.08. The number of hydrogen-bond acceptors (Lipinski definition) is 3. The van der Waals surface area contributed by atoms with E-state index in [1.54, 1.807) is 36.5 Å². The predicted molar refractivity (Wildman–Crippen MR) is 87.7 cm³/mol. The van der Waals surface area contributed by atoms with Gasteiger partial charge in [-0.1, -0.05) is 29.8 Å². The van der Waals surface area contributed by atoms with E-state index in [1.807, 2.05) is 24.3 Å². The van der Waals surface area contributed by atoms with Gasteiger partial charge in [0.05, 0.1) is 11.2 Å². The van der Waals surface area contributed by atoms with E-state index in [1.165, 1.54) is 4.68 Å². The third kappa shape index (κ3) is 2.05. The molecule has 4 aromatic rings. The fraction of sp³-hybridized carbons (Fsp3) is 0. The Morgan fingerprint density at radius 2 is 1.77 bits per heavy atom. The number of nitrogens with zero attached hydrogens (tertiary/aromatic N) is 3. The zero-order valence-electron chi connectivity index (χ0n) is 11.4. The number of rotatable bonds is 1. The summed E-state index contributed by atoms with van der Waals surface area (Å²) < 4.78 is 1.38. The second kappa shape index (κ2) is 4.93. The molecule has 0 N–H and O–H groups in total. The molecule has 0 saturated carbocycles. The molecule has 2 aromatic heterocycles. The third-order valence-electron chi connectivity index (χ3n) is 3.53. The van der Waals surface area contributed by atoms with Crippen LogP contribution >= 0.6 is 11.6 Å². The SMILES string of the molecule is O=c1cc2cnc3ccccc3c2nn1-c1ccc(Cl)cc1. The maximum absolute atomic E-state index is 12.3. The molecule has 2 heterocycles. The van der Waals surface area contributed by atoms with Crippen molar-refractivity contribution in [3.63, 3.8) is 0 Å². The van der Waals surface area contributed by atoms with Gasteiger partial charge in [-0.05, 0) is 30.3 Å². The van der Waals surface area contributed by atoms with Crippen molar-refractivity contribution >= 4 is 33.4 Å². The summed E-state index contributed by atoms with van der Waals surface area (Å²) >= 11 is 5.90. The minimum Gasteiger partial charge on any atom is -0.267 e. The van der Waals surface area contributed by atoms with Gasteiger partial charge in [0.25, 0.3) is 5.56 Å². The standard InChI is InChI=1S/C17H10ClN3O/c18-12-5-7-13(8-6-12)21-16(22)9-11-10-19-15-4-2-1-3-14(15)17(11)20-21/h1-10H. The molecule has 2 aromatic carbocycles. The summed E-state index contributed by atoms with van der Waals surface area (Å²) in [4.78, 5) is 16.7. The molecule has 0 spiro atoms. The van der Waals surface area contributed by atoms with Crippen LogP contribution in [0, 0.1) is 0 Å². The first-order valence-electron chi connectivity index (χ1n) is 6.76. The maximum atomic E-state index is 12.3. The summed E-state index contributed by atoms with van der Waals surface area (Å²) in [5, 5.41) is 6.79. The highest BCUT2D eigenvalue weighted by Gasteiger charge is 2.08. The Hall–Kier alpha value is -2.72. The molecular formula is C17H10ClN3O. The van der Waals surface area contributed by atoms with Crippen LogP contribution in [-0.2, 0) is 0 Å². The van der Waals surface area contributed by atoms with Gasteiger partial charge in [-0.3, -0.25) is 9.78 Å². The number of pyridine rings is 1. The van der Waals surface area contributed by atoms with Gasteiger partial charge in [-0.2, -0.15) is 9.78 Å². The summed E-state index contributed by atoms with van der Waals surface area (Å²) in [5.74, 6) is 0. The molecule has 0 bridgehead atoms. The van der Waals surface area contributed by atoms with Crippen LogP contribution in [0.2, 0.25) is 5.02 Å². The molecule has 5 heteroatoms. The van der Waals surface area contributed by atoms with Gasteiger partial charge in [0.15, 0.2) is 0 Å². The Morgan fingerprint density at radius 1 is 1.00 bits per heavy atom. The van der Waals surface area contributed by atoms with Crippen molar-refractivity contribution in [1.82, 2.24) is 14.8 Å². The predicted octanol–water partition coefficient (Wildman–Crippen LogP) is 3.59.